The van der Waals surface area contributed by atoms with Crippen LogP contribution in [-0.2, 0) is 0 Å². The van der Waals surface area contributed by atoms with Crippen LogP contribution in [0, 0.1) is 5.41 Å². The van der Waals surface area contributed by atoms with E-state index >= 15 is 0 Å². The van der Waals surface area contributed by atoms with Gasteiger partial charge >= 0.3 is 0 Å². The first-order valence-electron chi connectivity index (χ1n) is 4.13. The second-order valence-corrected chi connectivity index (χ2v) is 3.95. The lowest BCUT2D eigenvalue weighted by Crippen LogP contribution is -2.54. The Morgan fingerprint density at radius 1 is 1.73 bits per heavy atom. The quantitative estimate of drug-likeness (QED) is 0.548. The van der Waals surface area contributed by atoms with E-state index < -0.39 is 0 Å². The molecule has 0 amide bonds. The average molecular weight is 158 g/mol. The highest BCUT2D eigenvalue weighted by Gasteiger charge is 2.35. The van der Waals surface area contributed by atoms with Crippen LogP contribution in [0.4, 0.5) is 0 Å². The van der Waals surface area contributed by atoms with Crippen molar-refractivity contribution in [2.24, 2.45) is 11.1 Å². The number of hydrogen-bond donors (Lipinski definition) is 2. The normalized spacial score (nSPS) is 40.9. The van der Waals surface area contributed by atoms with Crippen LogP contribution in [0.1, 0.15) is 13.3 Å². The molecule has 1 aliphatic rings. The summed E-state index contributed by atoms with van der Waals surface area (Å²) in [6.07, 6.45) is 0.994. The number of likely N-dealkylation sites (tertiary alicyclic amines) is 1. The standard InChI is InChI=1S/C8H18N2O/c1-8(6-11)5-10(2)4-3-7(8)9/h7,11H,3-6,9H2,1-2H3. The third-order valence-electron chi connectivity index (χ3n) is 2.71. The van der Waals surface area contributed by atoms with Crippen molar-refractivity contribution in [3.05, 3.63) is 0 Å². The molecule has 1 heterocycles. The van der Waals surface area contributed by atoms with Crippen LogP contribution in [0.2, 0.25) is 0 Å². The van der Waals surface area contributed by atoms with Gasteiger partial charge in [-0.3, -0.25) is 0 Å². The first kappa shape index (κ1) is 8.97. The van der Waals surface area contributed by atoms with Gasteiger partial charge in [0.25, 0.3) is 0 Å². The molecular formula is C8H18N2O. The fraction of sp³-hybridized carbons (Fsp3) is 1.00. The van der Waals surface area contributed by atoms with Crippen molar-refractivity contribution in [1.29, 1.82) is 0 Å². The first-order chi connectivity index (χ1) is 5.08. The Hall–Kier alpha value is -0.120. The monoisotopic (exact) mass is 158 g/mol. The van der Waals surface area contributed by atoms with Crippen molar-refractivity contribution in [1.82, 2.24) is 4.90 Å². The van der Waals surface area contributed by atoms with E-state index in [4.69, 9.17) is 10.8 Å². The molecule has 11 heavy (non-hydrogen) atoms. The largest absolute Gasteiger partial charge is 0.396 e. The smallest absolute Gasteiger partial charge is 0.0511 e. The third-order valence-corrected chi connectivity index (χ3v) is 2.71. The van der Waals surface area contributed by atoms with Gasteiger partial charge in [-0.2, -0.15) is 0 Å². The van der Waals surface area contributed by atoms with Crippen molar-refractivity contribution in [3.63, 3.8) is 0 Å². The molecule has 0 aromatic heterocycles. The Morgan fingerprint density at radius 2 is 2.36 bits per heavy atom. The van der Waals surface area contributed by atoms with Crippen LogP contribution in [-0.4, -0.2) is 42.8 Å². The van der Waals surface area contributed by atoms with Crippen LogP contribution in [0.5, 0.6) is 0 Å². The summed E-state index contributed by atoms with van der Waals surface area (Å²) in [7, 11) is 2.07. The highest BCUT2D eigenvalue weighted by Crippen LogP contribution is 2.26. The summed E-state index contributed by atoms with van der Waals surface area (Å²) < 4.78 is 0. The molecule has 0 spiro atoms. The molecule has 3 N–H and O–H groups in total. The fourth-order valence-corrected chi connectivity index (χ4v) is 1.69. The van der Waals surface area contributed by atoms with Crippen molar-refractivity contribution in [2.45, 2.75) is 19.4 Å². The second kappa shape index (κ2) is 3.09. The van der Waals surface area contributed by atoms with E-state index in [0.29, 0.717) is 0 Å². The van der Waals surface area contributed by atoms with Gasteiger partial charge in [0, 0.05) is 18.0 Å². The lowest BCUT2D eigenvalue weighted by Gasteiger charge is -2.42. The maximum atomic E-state index is 9.13. The molecular weight excluding hydrogens is 140 g/mol. The highest BCUT2D eigenvalue weighted by atomic mass is 16.3. The Balaban J connectivity index is 2.60. The molecule has 1 fully saturated rings. The van der Waals surface area contributed by atoms with Crippen molar-refractivity contribution in [3.8, 4) is 0 Å². The maximum Gasteiger partial charge on any atom is 0.0511 e. The van der Waals surface area contributed by atoms with E-state index in [9.17, 15) is 0 Å². The molecule has 1 aliphatic heterocycles. The number of aliphatic hydroxyl groups is 1. The highest BCUT2D eigenvalue weighted by molar-refractivity contribution is 4.91. The van der Waals surface area contributed by atoms with E-state index in [0.717, 1.165) is 19.5 Å². The molecule has 0 aromatic rings. The van der Waals surface area contributed by atoms with Crippen LogP contribution < -0.4 is 5.73 Å². The molecule has 0 radical (unpaired) electrons. The van der Waals surface area contributed by atoms with E-state index in [-0.39, 0.29) is 18.1 Å². The van der Waals surface area contributed by atoms with Crippen molar-refractivity contribution in [2.75, 3.05) is 26.7 Å². The van der Waals surface area contributed by atoms with Crippen molar-refractivity contribution >= 4 is 0 Å². The molecule has 66 valence electrons. The van der Waals surface area contributed by atoms with Crippen LogP contribution in [0.15, 0.2) is 0 Å². The molecule has 2 unspecified atom stereocenters. The predicted octanol–water partition coefficient (Wildman–Crippen LogP) is -0.352. The summed E-state index contributed by atoms with van der Waals surface area (Å²) in [5, 5.41) is 9.13. The summed E-state index contributed by atoms with van der Waals surface area (Å²) >= 11 is 0. The van der Waals surface area contributed by atoms with E-state index in [1.165, 1.54) is 0 Å². The molecule has 2 atom stereocenters. The topological polar surface area (TPSA) is 49.5 Å². The van der Waals surface area contributed by atoms with Gasteiger partial charge in [0.2, 0.25) is 0 Å². The molecule has 0 bridgehead atoms. The zero-order valence-corrected chi connectivity index (χ0v) is 7.38. The number of hydrogen-bond acceptors (Lipinski definition) is 3. The molecule has 3 heteroatoms. The molecule has 0 saturated carbocycles. The third kappa shape index (κ3) is 1.72. The summed E-state index contributed by atoms with van der Waals surface area (Å²) in [5.74, 6) is 0. The SMILES string of the molecule is CN1CCC(N)C(C)(CO)C1. The average Bonchev–Trinajstić information content (AvgIpc) is 1.98. The number of nitrogens with two attached hydrogens (primary N) is 1. The molecule has 3 nitrogen and oxygen atoms in total. The van der Waals surface area contributed by atoms with Gasteiger partial charge in [0.05, 0.1) is 6.61 Å². The van der Waals surface area contributed by atoms with Gasteiger partial charge in [0.15, 0.2) is 0 Å². The van der Waals surface area contributed by atoms with Crippen molar-refractivity contribution < 1.29 is 5.11 Å². The Bertz CT molecular complexity index is 140. The van der Waals surface area contributed by atoms with Gasteiger partial charge in [-0.05, 0) is 20.0 Å². The summed E-state index contributed by atoms with van der Waals surface area (Å²) in [5.41, 5.74) is 5.81. The number of piperidine rings is 1. The first-order valence-corrected chi connectivity index (χ1v) is 4.13. The van der Waals surface area contributed by atoms with E-state index in [1.54, 1.807) is 0 Å². The molecule has 0 aliphatic carbocycles. The second-order valence-electron chi connectivity index (χ2n) is 3.95. The van der Waals surface area contributed by atoms with Crippen LogP contribution in [0.3, 0.4) is 0 Å². The minimum Gasteiger partial charge on any atom is -0.396 e. The Labute approximate surface area is 68.2 Å². The zero-order valence-electron chi connectivity index (χ0n) is 7.38. The maximum absolute atomic E-state index is 9.13. The van der Waals surface area contributed by atoms with Gasteiger partial charge in [0.1, 0.15) is 0 Å². The number of aliphatic hydroxyl groups excluding tert-OH is 1. The van der Waals surface area contributed by atoms with E-state index in [2.05, 4.69) is 11.9 Å². The lowest BCUT2D eigenvalue weighted by atomic mass is 9.79. The minimum absolute atomic E-state index is 0.0903. The number of rotatable bonds is 1. The van der Waals surface area contributed by atoms with Gasteiger partial charge in [-0.25, -0.2) is 0 Å². The predicted molar refractivity (Wildman–Crippen MR) is 45.3 cm³/mol. The number of nitrogens with zero attached hydrogens (tertiary/aromatic N) is 1. The molecule has 1 saturated heterocycles. The summed E-state index contributed by atoms with van der Waals surface area (Å²) in [4.78, 5) is 2.22. The van der Waals surface area contributed by atoms with Crippen LogP contribution in [0.25, 0.3) is 0 Å². The zero-order chi connectivity index (χ0) is 8.48. The summed E-state index contributed by atoms with van der Waals surface area (Å²) in [6.45, 7) is 4.20. The fourth-order valence-electron chi connectivity index (χ4n) is 1.69. The molecule has 1 rings (SSSR count). The van der Waals surface area contributed by atoms with Gasteiger partial charge in [-0.15, -0.1) is 0 Å². The summed E-state index contributed by atoms with van der Waals surface area (Å²) in [6, 6.07) is 0.156. The Morgan fingerprint density at radius 3 is 2.82 bits per heavy atom. The Kier molecular flexibility index (Phi) is 2.52. The van der Waals surface area contributed by atoms with Gasteiger partial charge < -0.3 is 15.7 Å². The molecule has 0 aromatic carbocycles. The van der Waals surface area contributed by atoms with E-state index in [1.807, 2.05) is 6.92 Å². The minimum atomic E-state index is -0.0903. The van der Waals surface area contributed by atoms with Gasteiger partial charge in [-0.1, -0.05) is 6.92 Å². The lowest BCUT2D eigenvalue weighted by molar-refractivity contribution is 0.0403. The van der Waals surface area contributed by atoms with Crippen LogP contribution >= 0.6 is 0 Å².